The summed E-state index contributed by atoms with van der Waals surface area (Å²) in [6.07, 6.45) is 2.64. The van der Waals surface area contributed by atoms with Gasteiger partial charge >= 0.3 is 8.25 Å². The Morgan fingerprint density at radius 3 is 1.90 bits per heavy atom. The van der Waals surface area contributed by atoms with E-state index in [2.05, 4.69) is 31.0 Å². The van der Waals surface area contributed by atoms with Gasteiger partial charge in [-0.15, -0.1) is 17.2 Å². The summed E-state index contributed by atoms with van der Waals surface area (Å²) in [6.45, 7) is 4.36. The first-order valence-corrected chi connectivity index (χ1v) is 4.79. The van der Waals surface area contributed by atoms with Crippen LogP contribution in [0.1, 0.15) is 26.7 Å². The van der Waals surface area contributed by atoms with Gasteiger partial charge in [-0.2, -0.15) is 0 Å². The molecule has 0 aliphatic rings. The maximum atomic E-state index is 9.37. The number of rotatable bonds is 3. The van der Waals surface area contributed by atoms with E-state index < -0.39 is 8.25 Å². The first-order chi connectivity index (χ1) is 4.68. The summed E-state index contributed by atoms with van der Waals surface area (Å²) in [6, 6.07) is 0. The first-order valence-electron chi connectivity index (χ1n) is 3.07. The quantitative estimate of drug-likeness (QED) is 0.412. The van der Waals surface area contributed by atoms with Crippen molar-refractivity contribution in [2.45, 2.75) is 26.7 Å². The summed E-state index contributed by atoms with van der Waals surface area (Å²) < 4.78 is 13.2. The van der Waals surface area contributed by atoms with Gasteiger partial charge in [0.2, 0.25) is 0 Å². The van der Waals surface area contributed by atoms with Gasteiger partial charge in [0, 0.05) is 0 Å². The van der Waals surface area contributed by atoms with Crippen LogP contribution in [-0.4, -0.2) is 5.94 Å². The van der Waals surface area contributed by atoms with Crippen LogP contribution < -0.4 is 4.89 Å². The Kier molecular flexibility index (Phi) is 15.7. The van der Waals surface area contributed by atoms with E-state index in [9.17, 15) is 9.46 Å². The van der Waals surface area contributed by atoms with Gasteiger partial charge in [-0.05, 0) is 4.57 Å². The molecule has 1 unspecified atom stereocenters. The van der Waals surface area contributed by atoms with Crippen LogP contribution in [0.5, 0.6) is 0 Å². The lowest BCUT2D eigenvalue weighted by Crippen LogP contribution is -1.87. The molecule has 0 bridgehead atoms. The van der Waals surface area contributed by atoms with Gasteiger partial charge in [0.05, 0.1) is 0 Å². The van der Waals surface area contributed by atoms with Crippen molar-refractivity contribution < 1.29 is 14.0 Å². The molecule has 0 fully saturated rings. The van der Waals surface area contributed by atoms with E-state index in [0.29, 0.717) is 0 Å². The molecular formula is C5H13O3PS. The van der Waals surface area contributed by atoms with Gasteiger partial charge in [0.15, 0.2) is 0 Å². The molecule has 0 amide bonds. The van der Waals surface area contributed by atoms with Crippen molar-refractivity contribution in [3.8, 4) is 0 Å². The number of unbranched alkanes of at least 4 members (excludes halogenated alkanes) is 1. The number of hydrogen-bond donors (Lipinski definition) is 1. The summed E-state index contributed by atoms with van der Waals surface area (Å²) in [5.74, 6) is -0.0707. The predicted molar refractivity (Wildman–Crippen MR) is 43.1 cm³/mol. The third-order valence-corrected chi connectivity index (χ3v) is 1.34. The molecule has 10 heavy (non-hydrogen) atoms. The third kappa shape index (κ3) is 23.8. The summed E-state index contributed by atoms with van der Waals surface area (Å²) in [5.41, 5.74) is 0. The van der Waals surface area contributed by atoms with Gasteiger partial charge in [-0.1, -0.05) is 26.7 Å². The van der Waals surface area contributed by atoms with Gasteiger partial charge in [0.25, 0.3) is 0 Å². The van der Waals surface area contributed by atoms with Crippen LogP contribution in [0.15, 0.2) is 0 Å². The van der Waals surface area contributed by atoms with Crippen LogP contribution in [0.3, 0.4) is 0 Å². The minimum Gasteiger partial charge on any atom is -0.566 e. The van der Waals surface area contributed by atoms with Crippen molar-refractivity contribution in [2.75, 3.05) is 5.94 Å². The van der Waals surface area contributed by atoms with Crippen molar-refractivity contribution in [3.63, 3.8) is 0 Å². The topological polar surface area (TPSA) is 49.4 Å². The average molecular weight is 184 g/mol. The molecule has 0 N–H and O–H groups in total. The maximum Gasteiger partial charge on any atom is 0.489 e. The highest BCUT2D eigenvalue weighted by atomic mass is 32.1. The molecule has 0 aliphatic carbocycles. The minimum atomic E-state index is -2.68. The Hall–Kier alpha value is 0.370. The lowest BCUT2D eigenvalue weighted by molar-refractivity contribution is -0.183. The summed E-state index contributed by atoms with van der Waals surface area (Å²) >= 11 is 3.45. The van der Waals surface area contributed by atoms with Crippen LogP contribution in [0.2, 0.25) is 0 Å². The number of thiol groups is 1. The van der Waals surface area contributed by atoms with Crippen LogP contribution >= 0.6 is 20.9 Å². The lowest BCUT2D eigenvalue weighted by atomic mass is 10.4. The van der Waals surface area contributed by atoms with Crippen molar-refractivity contribution in [2.24, 2.45) is 0 Å². The summed E-state index contributed by atoms with van der Waals surface area (Å²) in [7, 11) is -2.68. The Bertz CT molecular complexity index is 77.3. The van der Waals surface area contributed by atoms with E-state index in [1.807, 2.05) is 0 Å². The van der Waals surface area contributed by atoms with E-state index in [-0.39, 0.29) is 5.94 Å². The monoisotopic (exact) mass is 184 g/mol. The Labute approximate surface area is 68.1 Å². The van der Waals surface area contributed by atoms with Crippen LogP contribution in [-0.2, 0) is 9.09 Å². The normalized spacial score (nSPS) is 9.80. The molecule has 62 valence electrons. The molecule has 0 aliphatic heterocycles. The molecule has 0 spiro atoms. The summed E-state index contributed by atoms with van der Waals surface area (Å²) in [5, 5.41) is 0. The van der Waals surface area contributed by atoms with Gasteiger partial charge in [0.1, 0.15) is 5.94 Å². The molecule has 1 atom stereocenters. The average Bonchev–Trinajstić information content (AvgIpc) is 1.89. The lowest BCUT2D eigenvalue weighted by Gasteiger charge is -1.77. The second-order valence-electron chi connectivity index (χ2n) is 1.48. The maximum absolute atomic E-state index is 9.37. The fourth-order valence-corrected chi connectivity index (χ4v) is 0.424. The highest BCUT2D eigenvalue weighted by Crippen LogP contribution is 2.07. The molecule has 0 aromatic heterocycles. The Balaban J connectivity index is 0. The summed E-state index contributed by atoms with van der Waals surface area (Å²) in [4.78, 5) is 9.37. The van der Waals surface area contributed by atoms with Crippen molar-refractivity contribution in [3.05, 3.63) is 0 Å². The van der Waals surface area contributed by atoms with E-state index >= 15 is 0 Å². The molecule has 0 saturated carbocycles. The SMILES string of the molecule is CCCC.O=[P+]([O-])OCS. The number of hydrogen-bond acceptors (Lipinski definition) is 4. The molecule has 0 aromatic carbocycles. The second kappa shape index (κ2) is 12.1. The molecule has 3 nitrogen and oxygen atoms in total. The van der Waals surface area contributed by atoms with Crippen molar-refractivity contribution >= 4 is 20.9 Å². The largest absolute Gasteiger partial charge is 0.566 e. The van der Waals surface area contributed by atoms with Crippen molar-refractivity contribution in [1.29, 1.82) is 0 Å². The molecular weight excluding hydrogens is 171 g/mol. The first kappa shape index (κ1) is 13.0. The third-order valence-electron chi connectivity index (χ3n) is 0.663. The smallest absolute Gasteiger partial charge is 0.489 e. The Morgan fingerprint density at radius 2 is 1.90 bits per heavy atom. The van der Waals surface area contributed by atoms with Gasteiger partial charge in [-0.3, -0.25) is 0 Å². The zero-order valence-electron chi connectivity index (χ0n) is 6.24. The standard InChI is InChI=1S/C4H10.CH3O3PS/c1-3-4-2;2-5(3)4-1-6/h3-4H2,1-2H3;6H,1H2. The van der Waals surface area contributed by atoms with E-state index in [4.69, 9.17) is 0 Å². The highest BCUT2D eigenvalue weighted by Gasteiger charge is 1.92. The minimum absolute atomic E-state index is 0.0707. The van der Waals surface area contributed by atoms with E-state index in [1.165, 1.54) is 12.8 Å². The van der Waals surface area contributed by atoms with E-state index in [0.717, 1.165) is 0 Å². The fraction of sp³-hybridized carbons (Fsp3) is 1.00. The van der Waals surface area contributed by atoms with Crippen LogP contribution in [0.25, 0.3) is 0 Å². The predicted octanol–water partition coefficient (Wildman–Crippen LogP) is 1.71. The van der Waals surface area contributed by atoms with Gasteiger partial charge in [-0.25, -0.2) is 0 Å². The highest BCUT2D eigenvalue weighted by molar-refractivity contribution is 7.80. The molecule has 0 heterocycles. The molecule has 0 saturated heterocycles. The van der Waals surface area contributed by atoms with Crippen LogP contribution in [0.4, 0.5) is 0 Å². The molecule has 0 radical (unpaired) electrons. The van der Waals surface area contributed by atoms with Crippen LogP contribution in [0, 0.1) is 0 Å². The second-order valence-corrected chi connectivity index (χ2v) is 2.45. The fourth-order valence-electron chi connectivity index (χ4n) is 0.0471. The zero-order chi connectivity index (χ0) is 8.41. The Morgan fingerprint density at radius 1 is 1.50 bits per heavy atom. The molecule has 0 rings (SSSR count). The molecule has 0 aromatic rings. The van der Waals surface area contributed by atoms with Gasteiger partial charge < -0.3 is 4.89 Å². The van der Waals surface area contributed by atoms with Crippen molar-refractivity contribution in [1.82, 2.24) is 0 Å². The van der Waals surface area contributed by atoms with E-state index in [1.54, 1.807) is 0 Å². The zero-order valence-corrected chi connectivity index (χ0v) is 8.03. The molecule has 5 heteroatoms.